The number of nitrogens with one attached hydrogen (secondary N) is 1. The molecule has 0 aliphatic heterocycles. The van der Waals surface area contributed by atoms with E-state index in [1.165, 1.54) is 0 Å². The Morgan fingerprint density at radius 3 is 2.65 bits per heavy atom. The van der Waals surface area contributed by atoms with Crippen molar-refractivity contribution in [2.45, 2.75) is 6.92 Å². The van der Waals surface area contributed by atoms with Gasteiger partial charge < -0.3 is 11.5 Å². The van der Waals surface area contributed by atoms with Crippen LogP contribution in [-0.4, -0.2) is 16.0 Å². The molecule has 1 amide bonds. The first-order chi connectivity index (χ1) is 9.58. The smallest absolute Gasteiger partial charge is 0.358 e. The minimum atomic E-state index is -0.580. The third kappa shape index (κ3) is 1.78. The van der Waals surface area contributed by atoms with Crippen molar-refractivity contribution in [3.63, 3.8) is 0 Å². The van der Waals surface area contributed by atoms with Crippen molar-refractivity contribution in [2.24, 2.45) is 5.73 Å². The SMILES string of the molecule is Cc1[nH][n+](-c2ccccc2)c2nc(N)c(C(N)=O)cc12. The maximum absolute atomic E-state index is 11.3. The number of nitrogens with two attached hydrogens (primary N) is 2. The largest absolute Gasteiger partial charge is 0.365 e. The van der Waals surface area contributed by atoms with E-state index < -0.39 is 5.91 Å². The number of carbonyl (C=O) groups excluding carboxylic acids is 1. The minimum absolute atomic E-state index is 0.133. The fourth-order valence-electron chi connectivity index (χ4n) is 2.21. The molecule has 3 aromatic rings. The van der Waals surface area contributed by atoms with E-state index in [2.05, 4.69) is 10.1 Å². The molecule has 6 heteroatoms. The molecule has 0 saturated heterocycles. The summed E-state index contributed by atoms with van der Waals surface area (Å²) in [5.41, 5.74) is 13.8. The molecule has 0 aliphatic rings. The summed E-state index contributed by atoms with van der Waals surface area (Å²) in [6.07, 6.45) is 0. The number of benzene rings is 1. The van der Waals surface area contributed by atoms with E-state index in [4.69, 9.17) is 11.5 Å². The highest BCUT2D eigenvalue weighted by Crippen LogP contribution is 2.19. The third-order valence-electron chi connectivity index (χ3n) is 3.21. The number of hydrogen-bond acceptors (Lipinski definition) is 3. The van der Waals surface area contributed by atoms with Gasteiger partial charge in [0.25, 0.3) is 11.7 Å². The van der Waals surface area contributed by atoms with Gasteiger partial charge in [0.15, 0.2) is 5.69 Å². The standard InChI is InChI=1S/C14H13N5O/c1-8-10-7-11(13(16)20)12(15)17-14(10)19(18-8)9-5-3-2-4-6-9/h2-7H,1H3,(H4,15,16,17,18,20)/p+1. The Morgan fingerprint density at radius 1 is 1.30 bits per heavy atom. The highest BCUT2D eigenvalue weighted by Gasteiger charge is 2.22. The fourth-order valence-corrected chi connectivity index (χ4v) is 2.21. The van der Waals surface area contributed by atoms with E-state index in [0.29, 0.717) is 5.65 Å². The number of H-pyrrole nitrogens is 1. The van der Waals surface area contributed by atoms with Crippen LogP contribution in [-0.2, 0) is 0 Å². The lowest BCUT2D eigenvalue weighted by Gasteiger charge is -1.97. The lowest BCUT2D eigenvalue weighted by Crippen LogP contribution is -2.33. The average Bonchev–Trinajstić information content (AvgIpc) is 2.75. The van der Waals surface area contributed by atoms with Crippen LogP contribution in [0.25, 0.3) is 16.7 Å². The zero-order valence-corrected chi connectivity index (χ0v) is 10.9. The summed E-state index contributed by atoms with van der Waals surface area (Å²) in [4.78, 5) is 15.6. The van der Waals surface area contributed by atoms with Crippen LogP contribution in [0.15, 0.2) is 36.4 Å². The van der Waals surface area contributed by atoms with Gasteiger partial charge in [-0.05, 0) is 30.1 Å². The quantitative estimate of drug-likeness (QED) is 0.600. The summed E-state index contributed by atoms with van der Waals surface area (Å²) in [6.45, 7) is 1.91. The lowest BCUT2D eigenvalue weighted by molar-refractivity contribution is -0.632. The van der Waals surface area contributed by atoms with Gasteiger partial charge >= 0.3 is 5.65 Å². The van der Waals surface area contributed by atoms with Crippen molar-refractivity contribution in [3.8, 4) is 5.69 Å². The molecule has 0 aliphatic carbocycles. The Balaban J connectivity index is 2.32. The molecule has 100 valence electrons. The molecule has 0 atom stereocenters. The minimum Gasteiger partial charge on any atom is -0.365 e. The fraction of sp³-hybridized carbons (Fsp3) is 0.0714. The van der Waals surface area contributed by atoms with Gasteiger partial charge in [-0.1, -0.05) is 18.2 Å². The summed E-state index contributed by atoms with van der Waals surface area (Å²) >= 11 is 0. The number of pyridine rings is 1. The summed E-state index contributed by atoms with van der Waals surface area (Å²) in [5.74, 6) is -0.447. The number of aromatic amines is 1. The molecule has 2 heterocycles. The van der Waals surface area contributed by atoms with Crippen molar-refractivity contribution in [1.82, 2.24) is 10.1 Å². The molecular formula is C14H14N5O+. The summed E-state index contributed by atoms with van der Waals surface area (Å²) in [7, 11) is 0. The van der Waals surface area contributed by atoms with Gasteiger partial charge in [0.05, 0.1) is 11.1 Å². The monoisotopic (exact) mass is 268 g/mol. The molecule has 6 nitrogen and oxygen atoms in total. The van der Waals surface area contributed by atoms with Crippen molar-refractivity contribution in [3.05, 3.63) is 47.7 Å². The molecule has 5 N–H and O–H groups in total. The van der Waals surface area contributed by atoms with E-state index >= 15 is 0 Å². The van der Waals surface area contributed by atoms with Crippen molar-refractivity contribution < 1.29 is 9.48 Å². The normalized spacial score (nSPS) is 10.8. The van der Waals surface area contributed by atoms with Crippen LogP contribution in [0.3, 0.4) is 0 Å². The van der Waals surface area contributed by atoms with Gasteiger partial charge in [-0.3, -0.25) is 4.79 Å². The van der Waals surface area contributed by atoms with Gasteiger partial charge in [-0.25, -0.2) is 5.10 Å². The van der Waals surface area contributed by atoms with Gasteiger partial charge in [-0.15, -0.1) is 4.68 Å². The number of hydrogen-bond donors (Lipinski definition) is 3. The van der Waals surface area contributed by atoms with E-state index in [0.717, 1.165) is 16.8 Å². The Hall–Kier alpha value is -2.89. The van der Waals surface area contributed by atoms with Crippen LogP contribution < -0.4 is 16.1 Å². The van der Waals surface area contributed by atoms with Gasteiger partial charge in [-0.2, -0.15) is 0 Å². The second-order valence-electron chi connectivity index (χ2n) is 4.56. The van der Waals surface area contributed by atoms with Crippen LogP contribution in [0.2, 0.25) is 0 Å². The number of para-hydroxylation sites is 1. The number of anilines is 1. The number of primary amides is 1. The Morgan fingerprint density at radius 2 is 2.00 bits per heavy atom. The molecule has 2 aromatic heterocycles. The van der Waals surface area contributed by atoms with Crippen LogP contribution in [0, 0.1) is 6.92 Å². The Labute approximate surface area is 115 Å². The molecule has 20 heavy (non-hydrogen) atoms. The first kappa shape index (κ1) is 12.2. The molecule has 0 fully saturated rings. The maximum atomic E-state index is 11.3. The number of aryl methyl sites for hydroxylation is 1. The van der Waals surface area contributed by atoms with Crippen LogP contribution in [0.1, 0.15) is 16.1 Å². The number of amides is 1. The Bertz CT molecular complexity index is 807. The van der Waals surface area contributed by atoms with E-state index in [-0.39, 0.29) is 11.4 Å². The first-order valence-electron chi connectivity index (χ1n) is 6.14. The predicted octanol–water partition coefficient (Wildman–Crippen LogP) is 0.829. The van der Waals surface area contributed by atoms with Gasteiger partial charge in [0, 0.05) is 0 Å². The molecule has 0 saturated carbocycles. The number of rotatable bonds is 2. The number of nitrogen functional groups attached to an aromatic ring is 1. The second kappa shape index (κ2) is 4.34. The third-order valence-corrected chi connectivity index (χ3v) is 3.21. The van der Waals surface area contributed by atoms with Gasteiger partial charge in [0.2, 0.25) is 0 Å². The molecule has 0 bridgehead atoms. The molecule has 0 unspecified atom stereocenters. The molecular weight excluding hydrogens is 254 g/mol. The van der Waals surface area contributed by atoms with E-state index in [9.17, 15) is 4.79 Å². The van der Waals surface area contributed by atoms with E-state index in [1.807, 2.05) is 41.9 Å². The first-order valence-corrected chi connectivity index (χ1v) is 6.14. The lowest BCUT2D eigenvalue weighted by atomic mass is 10.2. The van der Waals surface area contributed by atoms with Crippen molar-refractivity contribution >= 4 is 22.8 Å². The average molecular weight is 268 g/mol. The summed E-state index contributed by atoms with van der Waals surface area (Å²) < 4.78 is 1.83. The number of aromatic nitrogens is 3. The van der Waals surface area contributed by atoms with E-state index in [1.54, 1.807) is 6.07 Å². The predicted molar refractivity (Wildman–Crippen MR) is 75.3 cm³/mol. The molecule has 3 rings (SSSR count). The van der Waals surface area contributed by atoms with Crippen LogP contribution in [0.5, 0.6) is 0 Å². The van der Waals surface area contributed by atoms with Gasteiger partial charge in [0.1, 0.15) is 5.56 Å². The highest BCUT2D eigenvalue weighted by molar-refractivity contribution is 6.00. The highest BCUT2D eigenvalue weighted by atomic mass is 16.1. The summed E-state index contributed by atoms with van der Waals surface area (Å²) in [6, 6.07) is 11.4. The zero-order valence-electron chi connectivity index (χ0n) is 10.9. The van der Waals surface area contributed by atoms with Crippen molar-refractivity contribution in [2.75, 3.05) is 5.73 Å². The number of nitrogens with zero attached hydrogens (tertiary/aromatic N) is 2. The Kier molecular flexibility index (Phi) is 2.64. The van der Waals surface area contributed by atoms with Crippen LogP contribution in [0.4, 0.5) is 5.82 Å². The maximum Gasteiger partial charge on any atom is 0.358 e. The second-order valence-corrected chi connectivity index (χ2v) is 4.56. The summed E-state index contributed by atoms with van der Waals surface area (Å²) in [5, 5.41) is 4.03. The molecule has 0 spiro atoms. The van der Waals surface area contributed by atoms with Crippen molar-refractivity contribution in [1.29, 1.82) is 0 Å². The molecule has 1 aromatic carbocycles. The number of carbonyl (C=O) groups is 1. The van der Waals surface area contributed by atoms with Crippen LogP contribution >= 0.6 is 0 Å². The zero-order chi connectivity index (χ0) is 14.3. The molecule has 0 radical (unpaired) electrons. The topological polar surface area (TPSA) is 102 Å². The number of fused-ring (bicyclic) bond motifs is 1.